The largest absolute Gasteiger partial charge is 0.441 e. The maximum Gasteiger partial charge on any atom is 0.413 e. The van der Waals surface area contributed by atoms with Gasteiger partial charge in [-0.25, -0.2) is 9.48 Å². The van der Waals surface area contributed by atoms with Gasteiger partial charge >= 0.3 is 6.09 Å². The summed E-state index contributed by atoms with van der Waals surface area (Å²) in [7, 11) is 0. The zero-order valence-corrected chi connectivity index (χ0v) is 17.1. The molecule has 1 aromatic heterocycles. The number of nitrogens with one attached hydrogen (secondary N) is 1. The van der Waals surface area contributed by atoms with Gasteiger partial charge in [-0.2, -0.15) is 5.10 Å². The summed E-state index contributed by atoms with van der Waals surface area (Å²) in [5, 5.41) is 7.33. The second-order valence-corrected chi connectivity index (χ2v) is 7.16. The van der Waals surface area contributed by atoms with Gasteiger partial charge in [-0.15, -0.1) is 0 Å². The fourth-order valence-corrected chi connectivity index (χ4v) is 3.31. The lowest BCUT2D eigenvalue weighted by Crippen LogP contribution is -2.18. The van der Waals surface area contributed by atoms with Gasteiger partial charge in [-0.05, 0) is 35.7 Å². The van der Waals surface area contributed by atoms with E-state index in [1.807, 2.05) is 79.7 Å². The van der Waals surface area contributed by atoms with Gasteiger partial charge in [0.1, 0.15) is 11.1 Å². The van der Waals surface area contributed by atoms with Crippen molar-refractivity contribution in [3.8, 4) is 16.8 Å². The Morgan fingerprint density at radius 2 is 1.53 bits per heavy atom. The van der Waals surface area contributed by atoms with Crippen LogP contribution in [0, 0.1) is 0 Å². The summed E-state index contributed by atoms with van der Waals surface area (Å²) in [6.45, 7) is 1.82. The van der Waals surface area contributed by atoms with Gasteiger partial charge in [0.25, 0.3) is 0 Å². The highest BCUT2D eigenvalue weighted by atomic mass is 35.5. The minimum absolute atomic E-state index is 0.325. The number of nitrogens with zero attached hydrogens (tertiary/aromatic N) is 2. The molecule has 1 N–H and O–H groups in total. The normalized spacial score (nSPS) is 11.7. The van der Waals surface area contributed by atoms with E-state index in [1.54, 1.807) is 4.68 Å². The number of carbonyl (C=O) groups excluding carboxylic acids is 1. The number of aromatic nitrogens is 2. The summed E-state index contributed by atoms with van der Waals surface area (Å²) in [4.78, 5) is 12.4. The first kappa shape index (κ1) is 19.7. The summed E-state index contributed by atoms with van der Waals surface area (Å²) >= 11 is 6.27. The minimum atomic E-state index is -0.601. The molecule has 5 nitrogen and oxygen atoms in total. The topological polar surface area (TPSA) is 56.1 Å². The zero-order valence-electron chi connectivity index (χ0n) is 16.3. The van der Waals surface area contributed by atoms with Crippen molar-refractivity contribution in [1.29, 1.82) is 0 Å². The van der Waals surface area contributed by atoms with E-state index in [4.69, 9.17) is 16.3 Å². The number of ether oxygens (including phenoxy) is 1. The summed E-state index contributed by atoms with van der Waals surface area (Å²) in [5.41, 5.74) is 3.89. The number of halogens is 1. The van der Waals surface area contributed by atoms with Crippen molar-refractivity contribution in [3.63, 3.8) is 0 Å². The highest BCUT2D eigenvalue weighted by Gasteiger charge is 2.17. The van der Waals surface area contributed by atoms with E-state index in [0.29, 0.717) is 10.8 Å². The fraction of sp³-hybridized carbons (Fsp3) is 0.0833. The molecule has 3 aromatic carbocycles. The van der Waals surface area contributed by atoms with Crippen LogP contribution in [0.25, 0.3) is 16.8 Å². The molecular weight excluding hydrogens is 398 g/mol. The van der Waals surface area contributed by atoms with E-state index in [1.165, 1.54) is 6.20 Å². The number of anilines is 1. The Kier molecular flexibility index (Phi) is 5.82. The predicted octanol–water partition coefficient (Wildman–Crippen LogP) is 6.50. The molecule has 0 aliphatic heterocycles. The molecule has 0 fully saturated rings. The van der Waals surface area contributed by atoms with E-state index in [-0.39, 0.29) is 0 Å². The first-order chi connectivity index (χ1) is 14.6. The van der Waals surface area contributed by atoms with Crippen LogP contribution in [-0.2, 0) is 4.74 Å². The van der Waals surface area contributed by atoms with Crippen molar-refractivity contribution in [3.05, 3.63) is 102 Å². The van der Waals surface area contributed by atoms with E-state index < -0.39 is 12.2 Å². The summed E-state index contributed by atoms with van der Waals surface area (Å²) in [6, 6.07) is 27.5. The van der Waals surface area contributed by atoms with E-state index in [2.05, 4.69) is 22.5 Å². The van der Waals surface area contributed by atoms with Gasteiger partial charge in [0, 0.05) is 0 Å². The smallest absolute Gasteiger partial charge is 0.413 e. The fourth-order valence-electron chi connectivity index (χ4n) is 3.14. The quantitative estimate of drug-likeness (QED) is 0.403. The number of hydrogen-bond acceptors (Lipinski definition) is 3. The number of hydrogen-bond donors (Lipinski definition) is 1. The third-order valence-corrected chi connectivity index (χ3v) is 4.99. The molecule has 30 heavy (non-hydrogen) atoms. The lowest BCUT2D eigenvalue weighted by molar-refractivity contribution is 0.121. The van der Waals surface area contributed by atoms with Crippen LogP contribution in [0.15, 0.2) is 91.1 Å². The molecule has 4 aromatic rings. The van der Waals surface area contributed by atoms with Crippen molar-refractivity contribution in [2.45, 2.75) is 13.0 Å². The van der Waals surface area contributed by atoms with Gasteiger partial charge in [-0.3, -0.25) is 5.32 Å². The number of amides is 1. The molecule has 0 aliphatic rings. The van der Waals surface area contributed by atoms with Crippen LogP contribution >= 0.6 is 11.6 Å². The molecule has 1 atom stereocenters. The van der Waals surface area contributed by atoms with Crippen molar-refractivity contribution >= 4 is 23.5 Å². The average Bonchev–Trinajstić information content (AvgIpc) is 3.15. The maximum absolute atomic E-state index is 12.4. The first-order valence-electron chi connectivity index (χ1n) is 9.54. The molecule has 4 rings (SSSR count). The van der Waals surface area contributed by atoms with Crippen molar-refractivity contribution < 1.29 is 9.53 Å². The van der Waals surface area contributed by atoms with Crippen LogP contribution in [0.5, 0.6) is 0 Å². The SMILES string of the molecule is CC(OC(=O)Nc1c(Cl)cnn1-c1ccc(-c2ccccc2)cc1)c1ccccc1. The Bertz CT molecular complexity index is 1130. The summed E-state index contributed by atoms with van der Waals surface area (Å²) in [5.74, 6) is 0.356. The van der Waals surface area contributed by atoms with E-state index in [9.17, 15) is 4.79 Å². The molecule has 0 radical (unpaired) electrons. The molecule has 0 saturated carbocycles. The van der Waals surface area contributed by atoms with Crippen LogP contribution in [0.1, 0.15) is 18.6 Å². The van der Waals surface area contributed by atoms with E-state index >= 15 is 0 Å². The Morgan fingerprint density at radius 3 is 2.20 bits per heavy atom. The summed E-state index contributed by atoms with van der Waals surface area (Å²) < 4.78 is 7.06. The minimum Gasteiger partial charge on any atom is -0.441 e. The molecule has 0 bridgehead atoms. The third-order valence-electron chi connectivity index (χ3n) is 4.72. The lowest BCUT2D eigenvalue weighted by Gasteiger charge is -2.15. The van der Waals surface area contributed by atoms with Gasteiger partial charge in [0.05, 0.1) is 11.9 Å². The van der Waals surface area contributed by atoms with Gasteiger partial charge < -0.3 is 4.74 Å². The van der Waals surface area contributed by atoms with Gasteiger partial charge in [0.15, 0.2) is 5.82 Å². The van der Waals surface area contributed by atoms with Gasteiger partial charge in [-0.1, -0.05) is 84.4 Å². The van der Waals surface area contributed by atoms with Crippen molar-refractivity contribution in [2.75, 3.05) is 5.32 Å². The number of carbonyl (C=O) groups is 1. The monoisotopic (exact) mass is 417 g/mol. The maximum atomic E-state index is 12.4. The van der Waals surface area contributed by atoms with Crippen LogP contribution in [0.2, 0.25) is 5.02 Å². The number of benzene rings is 3. The summed E-state index contributed by atoms with van der Waals surface area (Å²) in [6.07, 6.45) is 0.491. The van der Waals surface area contributed by atoms with Gasteiger partial charge in [0.2, 0.25) is 0 Å². The standard InChI is InChI=1S/C24H20ClN3O2/c1-17(18-8-4-2-5-9-18)30-24(29)27-23-22(25)16-26-28(23)21-14-12-20(13-15-21)19-10-6-3-7-11-19/h2-17H,1H3,(H,27,29). The Hall–Kier alpha value is -3.57. The molecule has 6 heteroatoms. The first-order valence-corrected chi connectivity index (χ1v) is 9.91. The van der Waals surface area contributed by atoms with Crippen molar-refractivity contribution in [1.82, 2.24) is 9.78 Å². The molecule has 150 valence electrons. The Labute approximate surface area is 179 Å². The van der Waals surface area contributed by atoms with E-state index in [0.717, 1.165) is 22.4 Å². The predicted molar refractivity (Wildman–Crippen MR) is 119 cm³/mol. The van der Waals surface area contributed by atoms with Crippen LogP contribution in [0.3, 0.4) is 0 Å². The molecule has 1 amide bonds. The highest BCUT2D eigenvalue weighted by Crippen LogP contribution is 2.27. The third kappa shape index (κ3) is 4.36. The highest BCUT2D eigenvalue weighted by molar-refractivity contribution is 6.33. The Morgan fingerprint density at radius 1 is 0.933 bits per heavy atom. The Balaban J connectivity index is 1.51. The molecule has 0 spiro atoms. The van der Waals surface area contributed by atoms with Crippen molar-refractivity contribution in [2.24, 2.45) is 0 Å². The molecule has 0 saturated heterocycles. The molecule has 0 aliphatic carbocycles. The molecule has 1 unspecified atom stereocenters. The second kappa shape index (κ2) is 8.84. The number of rotatable bonds is 5. The van der Waals surface area contributed by atoms with Crippen LogP contribution in [0.4, 0.5) is 10.6 Å². The lowest BCUT2D eigenvalue weighted by atomic mass is 10.1. The average molecular weight is 418 g/mol. The van der Waals surface area contributed by atoms with Crippen LogP contribution < -0.4 is 5.32 Å². The second-order valence-electron chi connectivity index (χ2n) is 6.75. The molecule has 1 heterocycles. The molecular formula is C24H20ClN3O2. The van der Waals surface area contributed by atoms with Crippen LogP contribution in [-0.4, -0.2) is 15.9 Å². The zero-order chi connectivity index (χ0) is 20.9.